The second-order valence-corrected chi connectivity index (χ2v) is 11.1. The summed E-state index contributed by atoms with van der Waals surface area (Å²) < 4.78 is 0.731. The molecule has 5 nitrogen and oxygen atoms in total. The molecular weight excluding hydrogens is 471 g/mol. The van der Waals surface area contributed by atoms with Gasteiger partial charge in [0, 0.05) is 17.9 Å². The molecule has 0 spiro atoms. The van der Waals surface area contributed by atoms with Crippen molar-refractivity contribution >= 4 is 29.1 Å². The Kier molecular flexibility index (Phi) is 7.03. The van der Waals surface area contributed by atoms with Gasteiger partial charge in [0.1, 0.15) is 17.9 Å². The Labute approximate surface area is 211 Å². The minimum absolute atomic E-state index is 0.0749. The van der Waals surface area contributed by atoms with Crippen LogP contribution in [-0.2, 0) is 16.6 Å². The van der Waals surface area contributed by atoms with E-state index in [1.54, 1.807) is 30.3 Å². The van der Waals surface area contributed by atoms with Crippen molar-refractivity contribution in [2.45, 2.75) is 49.2 Å². The van der Waals surface area contributed by atoms with Gasteiger partial charge in [-0.1, -0.05) is 48.0 Å². The molecule has 2 aromatic carbocycles. The minimum Gasteiger partial charge on any atom is -0.508 e. The fraction of sp³-hybridized carbons (Fsp3) is 0.444. The Hall–Kier alpha value is -2.05. The van der Waals surface area contributed by atoms with E-state index < -0.39 is 11.0 Å². The van der Waals surface area contributed by atoms with Crippen LogP contribution in [0.2, 0.25) is 10.0 Å². The molecule has 0 radical (unpaired) electrons. The number of aliphatic hydroxyl groups is 1. The van der Waals surface area contributed by atoms with E-state index in [1.807, 2.05) is 18.2 Å². The molecule has 1 unspecified atom stereocenters. The Morgan fingerprint density at radius 3 is 2.74 bits per heavy atom. The number of fused-ring (bicyclic) bond motifs is 1. The quantitative estimate of drug-likeness (QED) is 0.398. The molecule has 2 aliphatic rings. The number of quaternary nitrogens is 1. The van der Waals surface area contributed by atoms with Crippen LogP contribution in [0.1, 0.15) is 36.8 Å². The SMILES string of the molecule is C=CC[N@@+]1(C)CC[C@@]2(c3cccc(O)c3)C[C@H](NC(=O)Cc3ccc(Cl)c(Cl)c3)CCC2(O)C1. The van der Waals surface area contributed by atoms with Gasteiger partial charge in [-0.2, -0.15) is 0 Å². The van der Waals surface area contributed by atoms with Crippen molar-refractivity contribution in [1.29, 1.82) is 0 Å². The molecule has 182 valence electrons. The number of phenols is 1. The molecule has 7 heteroatoms. The van der Waals surface area contributed by atoms with Crippen LogP contribution in [0.25, 0.3) is 0 Å². The molecule has 1 saturated heterocycles. The summed E-state index contributed by atoms with van der Waals surface area (Å²) in [6.45, 7) is 6.20. The zero-order chi connectivity index (χ0) is 24.6. The van der Waals surface area contributed by atoms with Crippen LogP contribution >= 0.6 is 23.2 Å². The predicted molar refractivity (Wildman–Crippen MR) is 136 cm³/mol. The first kappa shape index (κ1) is 25.1. The van der Waals surface area contributed by atoms with Gasteiger partial charge in [-0.25, -0.2) is 0 Å². The Morgan fingerprint density at radius 1 is 1.24 bits per heavy atom. The van der Waals surface area contributed by atoms with E-state index in [1.165, 1.54) is 0 Å². The van der Waals surface area contributed by atoms with E-state index in [-0.39, 0.29) is 24.1 Å². The number of nitrogens with one attached hydrogen (secondary N) is 1. The van der Waals surface area contributed by atoms with Crippen LogP contribution in [0.5, 0.6) is 5.75 Å². The first-order chi connectivity index (χ1) is 16.1. The number of likely N-dealkylation sites (tertiary alicyclic amines) is 1. The molecule has 2 fully saturated rings. The third-order valence-corrected chi connectivity index (χ3v) is 8.54. The van der Waals surface area contributed by atoms with Crippen molar-refractivity contribution in [3.8, 4) is 5.75 Å². The highest BCUT2D eigenvalue weighted by Gasteiger charge is 2.61. The molecule has 1 aliphatic carbocycles. The first-order valence-corrected chi connectivity index (χ1v) is 12.5. The second-order valence-electron chi connectivity index (χ2n) is 10.3. The number of carbonyl (C=O) groups is 1. The summed E-state index contributed by atoms with van der Waals surface area (Å²) in [5.41, 5.74) is 0.243. The lowest BCUT2D eigenvalue weighted by Crippen LogP contribution is -2.71. The maximum Gasteiger partial charge on any atom is 0.224 e. The molecular formula is C27H33Cl2N2O3+. The third-order valence-electron chi connectivity index (χ3n) is 7.80. The smallest absolute Gasteiger partial charge is 0.224 e. The van der Waals surface area contributed by atoms with Gasteiger partial charge in [0.2, 0.25) is 5.91 Å². The lowest BCUT2D eigenvalue weighted by atomic mass is 9.55. The Balaban J connectivity index is 1.58. The number of halogens is 2. The number of likely N-dealkylation sites (N-methyl/N-ethyl adjacent to an activating group) is 1. The summed E-state index contributed by atoms with van der Waals surface area (Å²) in [5, 5.41) is 26.4. The number of rotatable bonds is 6. The van der Waals surface area contributed by atoms with E-state index in [0.29, 0.717) is 35.9 Å². The van der Waals surface area contributed by atoms with Crippen molar-refractivity contribution in [3.05, 3.63) is 76.3 Å². The van der Waals surface area contributed by atoms with Crippen LogP contribution in [0, 0.1) is 0 Å². The number of hydrogen-bond donors (Lipinski definition) is 3. The minimum atomic E-state index is -0.943. The summed E-state index contributed by atoms with van der Waals surface area (Å²) in [6, 6.07) is 12.4. The standard InChI is InChI=1S/C27H32Cl2N2O3/c1-3-12-31(2)13-11-26(20-5-4-6-22(32)16-20)17-21(9-10-27(26,34)18-31)30-25(33)15-19-7-8-23(28)24(29)14-19/h3-8,14,16,21,34H,1,9-13,15,17-18H2,2H3,(H-,30,32,33)/p+1/t21-,26+,27?,31+/m1/s1. The predicted octanol–water partition coefficient (Wildman–Crippen LogP) is 4.62. The number of phenolic OH excluding ortho intramolecular Hbond substituents is 1. The molecule has 4 atom stereocenters. The van der Waals surface area contributed by atoms with E-state index in [2.05, 4.69) is 18.9 Å². The van der Waals surface area contributed by atoms with Crippen LogP contribution < -0.4 is 5.32 Å². The van der Waals surface area contributed by atoms with Crippen molar-refractivity contribution in [2.75, 3.05) is 26.7 Å². The Bertz CT molecular complexity index is 1090. The largest absolute Gasteiger partial charge is 0.508 e. The zero-order valence-electron chi connectivity index (χ0n) is 19.6. The van der Waals surface area contributed by atoms with Gasteiger partial charge in [0.05, 0.1) is 36.6 Å². The van der Waals surface area contributed by atoms with Crippen LogP contribution in [0.4, 0.5) is 0 Å². The van der Waals surface area contributed by atoms with Gasteiger partial charge in [0.15, 0.2) is 0 Å². The number of hydrogen-bond acceptors (Lipinski definition) is 3. The van der Waals surface area contributed by atoms with Crippen molar-refractivity contribution in [1.82, 2.24) is 5.32 Å². The van der Waals surface area contributed by atoms with Gasteiger partial charge in [-0.05, 0) is 60.7 Å². The van der Waals surface area contributed by atoms with Crippen LogP contribution in [-0.4, -0.2) is 58.9 Å². The van der Waals surface area contributed by atoms with E-state index in [9.17, 15) is 15.0 Å². The fourth-order valence-corrected chi connectivity index (χ4v) is 6.46. The molecule has 0 bridgehead atoms. The van der Waals surface area contributed by atoms with Crippen molar-refractivity contribution in [2.24, 2.45) is 0 Å². The van der Waals surface area contributed by atoms with E-state index in [4.69, 9.17) is 23.2 Å². The van der Waals surface area contributed by atoms with Crippen LogP contribution in [0.3, 0.4) is 0 Å². The number of piperidine rings is 1. The lowest BCUT2D eigenvalue weighted by Gasteiger charge is -2.59. The number of nitrogens with zero attached hydrogens (tertiary/aromatic N) is 1. The number of carbonyl (C=O) groups excluding carboxylic acids is 1. The van der Waals surface area contributed by atoms with Crippen molar-refractivity contribution in [3.63, 3.8) is 0 Å². The van der Waals surface area contributed by atoms with Gasteiger partial charge >= 0.3 is 0 Å². The average molecular weight is 504 g/mol. The van der Waals surface area contributed by atoms with E-state index in [0.717, 1.165) is 35.1 Å². The van der Waals surface area contributed by atoms with Gasteiger partial charge < -0.3 is 20.0 Å². The molecule has 34 heavy (non-hydrogen) atoms. The molecule has 3 N–H and O–H groups in total. The van der Waals surface area contributed by atoms with E-state index >= 15 is 0 Å². The highest BCUT2D eigenvalue weighted by molar-refractivity contribution is 6.42. The summed E-state index contributed by atoms with van der Waals surface area (Å²) in [4.78, 5) is 12.9. The second kappa shape index (κ2) is 9.54. The molecule has 1 amide bonds. The molecule has 1 heterocycles. The van der Waals surface area contributed by atoms with Gasteiger partial charge in [0.25, 0.3) is 0 Å². The first-order valence-electron chi connectivity index (χ1n) is 11.8. The van der Waals surface area contributed by atoms with Gasteiger partial charge in [-0.3, -0.25) is 4.79 Å². The topological polar surface area (TPSA) is 69.6 Å². The number of benzene rings is 2. The normalized spacial score (nSPS) is 30.9. The lowest BCUT2D eigenvalue weighted by molar-refractivity contribution is -0.918. The molecule has 2 aromatic rings. The van der Waals surface area contributed by atoms with Crippen LogP contribution in [0.15, 0.2) is 55.1 Å². The molecule has 1 saturated carbocycles. The molecule has 0 aromatic heterocycles. The summed E-state index contributed by atoms with van der Waals surface area (Å²) in [7, 11) is 2.16. The maximum absolute atomic E-state index is 12.9. The average Bonchev–Trinajstić information content (AvgIpc) is 2.76. The summed E-state index contributed by atoms with van der Waals surface area (Å²) in [5.74, 6) is 0.108. The zero-order valence-corrected chi connectivity index (χ0v) is 21.1. The summed E-state index contributed by atoms with van der Waals surface area (Å²) in [6.07, 6.45) is 4.78. The maximum atomic E-state index is 12.9. The number of amides is 1. The highest BCUT2D eigenvalue weighted by Crippen LogP contribution is 2.53. The third kappa shape index (κ3) is 4.85. The number of aromatic hydroxyl groups is 1. The summed E-state index contributed by atoms with van der Waals surface area (Å²) >= 11 is 12.1. The molecule has 4 rings (SSSR count). The monoisotopic (exact) mass is 503 g/mol. The Morgan fingerprint density at radius 2 is 2.03 bits per heavy atom. The van der Waals surface area contributed by atoms with Gasteiger partial charge in [-0.15, -0.1) is 0 Å². The highest BCUT2D eigenvalue weighted by atomic mass is 35.5. The fourth-order valence-electron chi connectivity index (χ4n) is 6.14. The molecule has 1 aliphatic heterocycles. The van der Waals surface area contributed by atoms with Crippen molar-refractivity contribution < 1.29 is 19.5 Å².